The quantitative estimate of drug-likeness (QED) is 0.781. The van der Waals surface area contributed by atoms with Gasteiger partial charge in [0.1, 0.15) is 12.2 Å². The number of likely N-dealkylation sites (tertiary alicyclic amines) is 1. The van der Waals surface area contributed by atoms with Crippen molar-refractivity contribution in [3.05, 3.63) is 11.9 Å². The van der Waals surface area contributed by atoms with Crippen LogP contribution < -0.4 is 0 Å². The molecule has 1 amide bonds. The van der Waals surface area contributed by atoms with Crippen LogP contribution in [0, 0.1) is 0 Å². The smallest absolute Gasteiger partial charge is 0.244 e. The lowest BCUT2D eigenvalue weighted by Crippen LogP contribution is -2.31. The Hall–Kier alpha value is -1.43. The van der Waals surface area contributed by atoms with Crippen molar-refractivity contribution in [3.63, 3.8) is 0 Å². The fraction of sp³-hybridized carbons (Fsp3) is 0.700. The molecule has 0 spiro atoms. The van der Waals surface area contributed by atoms with Crippen LogP contribution in [0.25, 0.3) is 0 Å². The zero-order valence-corrected chi connectivity index (χ0v) is 9.33. The number of hydrogen-bond donors (Lipinski definition) is 1. The summed E-state index contributed by atoms with van der Waals surface area (Å²) < 4.78 is 1.47. The Balaban J connectivity index is 1.95. The van der Waals surface area contributed by atoms with Crippen LogP contribution in [0.1, 0.15) is 31.6 Å². The van der Waals surface area contributed by atoms with Gasteiger partial charge in [0.25, 0.3) is 0 Å². The fourth-order valence-corrected chi connectivity index (χ4v) is 1.79. The van der Waals surface area contributed by atoms with Crippen LogP contribution in [-0.2, 0) is 11.3 Å². The molecule has 1 aliphatic rings. The molecule has 1 aliphatic heterocycles. The first kappa shape index (κ1) is 11.1. The molecule has 0 radical (unpaired) electrons. The zero-order chi connectivity index (χ0) is 11.5. The zero-order valence-electron chi connectivity index (χ0n) is 9.33. The minimum absolute atomic E-state index is 0.0690. The van der Waals surface area contributed by atoms with Crippen molar-refractivity contribution in [2.45, 2.75) is 32.4 Å². The summed E-state index contributed by atoms with van der Waals surface area (Å²) in [7, 11) is 0. The topological polar surface area (TPSA) is 71.2 Å². The second-order valence-electron chi connectivity index (χ2n) is 4.10. The number of aliphatic hydroxyl groups is 1. The van der Waals surface area contributed by atoms with E-state index in [1.165, 1.54) is 4.68 Å². The van der Waals surface area contributed by atoms with Crippen LogP contribution >= 0.6 is 0 Å². The first-order chi connectivity index (χ1) is 7.66. The molecule has 1 atom stereocenters. The van der Waals surface area contributed by atoms with Crippen LogP contribution in [0.2, 0.25) is 0 Å². The summed E-state index contributed by atoms with van der Waals surface area (Å²) >= 11 is 0. The molecule has 1 unspecified atom stereocenters. The van der Waals surface area contributed by atoms with E-state index in [1.54, 1.807) is 13.1 Å². The summed E-state index contributed by atoms with van der Waals surface area (Å²) in [6.07, 6.45) is 3.14. The van der Waals surface area contributed by atoms with E-state index in [1.807, 2.05) is 4.90 Å². The molecule has 1 aromatic heterocycles. The standard InChI is InChI=1S/C10H16N4O2/c1-8(15)9-6-14(12-11-9)7-10(16)13-4-2-3-5-13/h6,8,15H,2-5,7H2,1H3. The second kappa shape index (κ2) is 4.61. The lowest BCUT2D eigenvalue weighted by atomic mass is 10.3. The molecule has 0 saturated carbocycles. The van der Waals surface area contributed by atoms with E-state index in [0.717, 1.165) is 25.9 Å². The van der Waals surface area contributed by atoms with Gasteiger partial charge in [0, 0.05) is 13.1 Å². The third-order valence-corrected chi connectivity index (χ3v) is 2.74. The van der Waals surface area contributed by atoms with Gasteiger partial charge in [-0.05, 0) is 19.8 Å². The SMILES string of the molecule is CC(O)c1cn(CC(=O)N2CCCC2)nn1. The fourth-order valence-electron chi connectivity index (χ4n) is 1.79. The normalized spacial score (nSPS) is 17.8. The van der Waals surface area contributed by atoms with E-state index >= 15 is 0 Å². The van der Waals surface area contributed by atoms with E-state index in [-0.39, 0.29) is 12.5 Å². The Morgan fingerprint density at radius 2 is 2.25 bits per heavy atom. The highest BCUT2D eigenvalue weighted by atomic mass is 16.3. The minimum Gasteiger partial charge on any atom is -0.387 e. The monoisotopic (exact) mass is 224 g/mol. The molecule has 1 fully saturated rings. The van der Waals surface area contributed by atoms with E-state index in [2.05, 4.69) is 10.3 Å². The average Bonchev–Trinajstić information content (AvgIpc) is 2.87. The number of amides is 1. The minimum atomic E-state index is -0.643. The Labute approximate surface area is 93.9 Å². The number of carbonyl (C=O) groups is 1. The lowest BCUT2D eigenvalue weighted by molar-refractivity contribution is -0.130. The maximum absolute atomic E-state index is 11.8. The van der Waals surface area contributed by atoms with Crippen LogP contribution in [0.15, 0.2) is 6.20 Å². The average molecular weight is 224 g/mol. The third kappa shape index (κ3) is 2.38. The Kier molecular flexibility index (Phi) is 3.19. The van der Waals surface area contributed by atoms with E-state index in [4.69, 9.17) is 0 Å². The number of carbonyl (C=O) groups excluding carboxylic acids is 1. The summed E-state index contributed by atoms with van der Waals surface area (Å²) in [5.41, 5.74) is 0.495. The predicted octanol–water partition coefficient (Wildman–Crippen LogP) is -0.0462. The Morgan fingerprint density at radius 3 is 2.81 bits per heavy atom. The molecule has 2 rings (SSSR count). The number of aromatic nitrogens is 3. The molecule has 0 aromatic carbocycles. The number of aliphatic hydroxyl groups excluding tert-OH is 1. The van der Waals surface area contributed by atoms with Gasteiger partial charge in [0.15, 0.2) is 0 Å². The first-order valence-corrected chi connectivity index (χ1v) is 5.52. The summed E-state index contributed by atoms with van der Waals surface area (Å²) in [6, 6.07) is 0. The van der Waals surface area contributed by atoms with Gasteiger partial charge in [-0.15, -0.1) is 5.10 Å². The molecule has 6 nitrogen and oxygen atoms in total. The molecule has 2 heterocycles. The van der Waals surface area contributed by atoms with Crippen molar-refractivity contribution in [2.75, 3.05) is 13.1 Å². The summed E-state index contributed by atoms with van der Waals surface area (Å²) in [6.45, 7) is 3.52. The highest BCUT2D eigenvalue weighted by Gasteiger charge is 2.18. The van der Waals surface area contributed by atoms with E-state index in [9.17, 15) is 9.90 Å². The summed E-state index contributed by atoms with van der Waals surface area (Å²) in [5, 5.41) is 16.9. The molecule has 1 saturated heterocycles. The number of hydrogen-bond acceptors (Lipinski definition) is 4. The molecule has 16 heavy (non-hydrogen) atoms. The van der Waals surface area contributed by atoms with E-state index < -0.39 is 6.10 Å². The first-order valence-electron chi connectivity index (χ1n) is 5.52. The van der Waals surface area contributed by atoms with Crippen molar-refractivity contribution in [3.8, 4) is 0 Å². The lowest BCUT2D eigenvalue weighted by Gasteiger charge is -2.14. The molecule has 0 bridgehead atoms. The van der Waals surface area contributed by atoms with Crippen LogP contribution in [-0.4, -0.2) is 44.0 Å². The second-order valence-corrected chi connectivity index (χ2v) is 4.10. The van der Waals surface area contributed by atoms with Crippen molar-refractivity contribution in [1.29, 1.82) is 0 Å². The molecule has 0 aliphatic carbocycles. The van der Waals surface area contributed by atoms with Crippen molar-refractivity contribution in [2.24, 2.45) is 0 Å². The van der Waals surface area contributed by atoms with Gasteiger partial charge in [-0.1, -0.05) is 5.21 Å². The molecule has 88 valence electrons. The Bertz CT molecular complexity index is 369. The number of nitrogens with zero attached hydrogens (tertiary/aromatic N) is 4. The summed E-state index contributed by atoms with van der Waals surface area (Å²) in [5.74, 6) is 0.0690. The molecular formula is C10H16N4O2. The maximum Gasteiger partial charge on any atom is 0.244 e. The van der Waals surface area contributed by atoms with Gasteiger partial charge < -0.3 is 10.0 Å². The molecule has 1 N–H and O–H groups in total. The molecule has 1 aromatic rings. The van der Waals surface area contributed by atoms with Gasteiger partial charge >= 0.3 is 0 Å². The van der Waals surface area contributed by atoms with Gasteiger partial charge in [-0.2, -0.15) is 0 Å². The van der Waals surface area contributed by atoms with Crippen LogP contribution in [0.5, 0.6) is 0 Å². The van der Waals surface area contributed by atoms with Crippen molar-refractivity contribution >= 4 is 5.91 Å². The third-order valence-electron chi connectivity index (χ3n) is 2.74. The summed E-state index contributed by atoms with van der Waals surface area (Å²) in [4.78, 5) is 13.6. The van der Waals surface area contributed by atoms with Gasteiger partial charge in [-0.3, -0.25) is 4.79 Å². The Morgan fingerprint density at radius 1 is 1.56 bits per heavy atom. The highest BCUT2D eigenvalue weighted by Crippen LogP contribution is 2.09. The van der Waals surface area contributed by atoms with Gasteiger partial charge in [-0.25, -0.2) is 4.68 Å². The van der Waals surface area contributed by atoms with Gasteiger partial charge in [0.05, 0.1) is 12.3 Å². The number of rotatable bonds is 3. The van der Waals surface area contributed by atoms with Crippen molar-refractivity contribution < 1.29 is 9.90 Å². The molecular weight excluding hydrogens is 208 g/mol. The van der Waals surface area contributed by atoms with E-state index in [0.29, 0.717) is 5.69 Å². The van der Waals surface area contributed by atoms with Crippen LogP contribution in [0.3, 0.4) is 0 Å². The highest BCUT2D eigenvalue weighted by molar-refractivity contribution is 5.76. The van der Waals surface area contributed by atoms with Crippen LogP contribution in [0.4, 0.5) is 0 Å². The largest absolute Gasteiger partial charge is 0.387 e. The maximum atomic E-state index is 11.8. The predicted molar refractivity (Wildman–Crippen MR) is 56.5 cm³/mol. The van der Waals surface area contributed by atoms with Gasteiger partial charge in [0.2, 0.25) is 5.91 Å². The molecule has 6 heteroatoms. The van der Waals surface area contributed by atoms with Crippen molar-refractivity contribution in [1.82, 2.24) is 19.9 Å².